The van der Waals surface area contributed by atoms with E-state index >= 15 is 0 Å². The fourth-order valence-electron chi connectivity index (χ4n) is 2.81. The van der Waals surface area contributed by atoms with Crippen LogP contribution in [0.4, 0.5) is 4.39 Å². The van der Waals surface area contributed by atoms with Gasteiger partial charge in [0.15, 0.2) is 12.3 Å². The van der Waals surface area contributed by atoms with E-state index < -0.39 is 24.2 Å². The third-order valence-corrected chi connectivity index (χ3v) is 5.09. The van der Waals surface area contributed by atoms with Gasteiger partial charge in [-0.15, -0.1) is 11.3 Å². The molecule has 0 amide bonds. The quantitative estimate of drug-likeness (QED) is 0.342. The van der Waals surface area contributed by atoms with Crippen LogP contribution in [0, 0.1) is 5.82 Å². The second kappa shape index (κ2) is 8.20. The molecule has 0 fully saturated rings. The molecule has 0 unspecified atom stereocenters. The molecule has 29 heavy (non-hydrogen) atoms. The molecule has 0 bridgehead atoms. The van der Waals surface area contributed by atoms with Crippen LogP contribution in [0.3, 0.4) is 0 Å². The van der Waals surface area contributed by atoms with Gasteiger partial charge in [0, 0.05) is 6.07 Å². The molecule has 0 atom stereocenters. The number of esters is 1. The normalized spacial score (nSPS) is 10.7. The molecule has 0 aliphatic carbocycles. The number of rotatable bonds is 6. The van der Waals surface area contributed by atoms with E-state index in [1.807, 2.05) is 47.8 Å². The van der Waals surface area contributed by atoms with Gasteiger partial charge in [0.2, 0.25) is 5.78 Å². The van der Waals surface area contributed by atoms with Crippen molar-refractivity contribution in [3.05, 3.63) is 95.3 Å². The van der Waals surface area contributed by atoms with Gasteiger partial charge in [-0.2, -0.15) is 5.10 Å². The van der Waals surface area contributed by atoms with E-state index in [0.29, 0.717) is 11.4 Å². The van der Waals surface area contributed by atoms with Gasteiger partial charge in [-0.05, 0) is 35.7 Å². The summed E-state index contributed by atoms with van der Waals surface area (Å²) in [6.45, 7) is -0.561. The van der Waals surface area contributed by atoms with Crippen molar-refractivity contribution >= 4 is 23.1 Å². The van der Waals surface area contributed by atoms with E-state index in [4.69, 9.17) is 4.74 Å². The first-order valence-electron chi connectivity index (χ1n) is 8.77. The standard InChI is InChI=1S/C22H15FN2O3S/c23-17-10-5-4-9-16(17)20(26)14-28-22(27)19-13-18(21-11-6-12-29-21)24-25(19)15-7-2-1-3-8-15/h1-13H,14H2. The molecule has 4 rings (SSSR count). The van der Waals surface area contributed by atoms with Crippen LogP contribution >= 0.6 is 11.3 Å². The summed E-state index contributed by atoms with van der Waals surface area (Å²) in [6.07, 6.45) is 0. The number of thiophene rings is 1. The Bertz CT molecular complexity index is 1150. The van der Waals surface area contributed by atoms with Crippen molar-refractivity contribution in [2.24, 2.45) is 0 Å². The van der Waals surface area contributed by atoms with Gasteiger partial charge in [0.05, 0.1) is 16.1 Å². The second-order valence-corrected chi connectivity index (χ2v) is 7.07. The molecule has 0 radical (unpaired) electrons. The molecule has 0 saturated heterocycles. The lowest BCUT2D eigenvalue weighted by Crippen LogP contribution is -2.18. The smallest absolute Gasteiger partial charge is 0.357 e. The molecule has 144 valence electrons. The van der Waals surface area contributed by atoms with Gasteiger partial charge >= 0.3 is 5.97 Å². The molecule has 0 N–H and O–H groups in total. The molecule has 2 aromatic heterocycles. The van der Waals surface area contributed by atoms with Gasteiger partial charge in [-0.1, -0.05) is 36.4 Å². The number of carbonyl (C=O) groups is 2. The molecule has 0 saturated carbocycles. The summed E-state index contributed by atoms with van der Waals surface area (Å²) in [4.78, 5) is 25.8. The van der Waals surface area contributed by atoms with E-state index in [1.54, 1.807) is 12.1 Å². The lowest BCUT2D eigenvalue weighted by atomic mass is 10.1. The number of para-hydroxylation sites is 1. The highest BCUT2D eigenvalue weighted by Crippen LogP contribution is 2.26. The summed E-state index contributed by atoms with van der Waals surface area (Å²) in [7, 11) is 0. The summed E-state index contributed by atoms with van der Waals surface area (Å²) in [5, 5.41) is 6.44. The molecule has 0 aliphatic heterocycles. The maximum Gasteiger partial charge on any atom is 0.357 e. The number of Topliss-reactive ketones (excluding diaryl/α,β-unsaturated/α-hetero) is 1. The molecule has 0 aliphatic rings. The third kappa shape index (κ3) is 4.00. The predicted molar refractivity (Wildman–Crippen MR) is 108 cm³/mol. The number of ether oxygens (including phenoxy) is 1. The van der Waals surface area contributed by atoms with Crippen LogP contribution < -0.4 is 0 Å². The molecular weight excluding hydrogens is 391 g/mol. The maximum absolute atomic E-state index is 13.8. The Balaban J connectivity index is 1.60. The van der Waals surface area contributed by atoms with E-state index in [1.165, 1.54) is 34.2 Å². The van der Waals surface area contributed by atoms with E-state index in [9.17, 15) is 14.0 Å². The topological polar surface area (TPSA) is 61.2 Å². The van der Waals surface area contributed by atoms with Gasteiger partial charge in [-0.25, -0.2) is 13.9 Å². The summed E-state index contributed by atoms with van der Waals surface area (Å²) >= 11 is 1.50. The first-order valence-corrected chi connectivity index (χ1v) is 9.65. The molecule has 2 aromatic carbocycles. The largest absolute Gasteiger partial charge is 0.453 e. The van der Waals surface area contributed by atoms with Gasteiger partial charge in [0.1, 0.15) is 11.5 Å². The van der Waals surface area contributed by atoms with Crippen LogP contribution in [0.2, 0.25) is 0 Å². The highest BCUT2D eigenvalue weighted by molar-refractivity contribution is 7.13. The highest BCUT2D eigenvalue weighted by Gasteiger charge is 2.21. The highest BCUT2D eigenvalue weighted by atomic mass is 32.1. The van der Waals surface area contributed by atoms with Crippen molar-refractivity contribution in [2.75, 3.05) is 6.61 Å². The second-order valence-electron chi connectivity index (χ2n) is 6.12. The van der Waals surface area contributed by atoms with Crippen molar-refractivity contribution in [1.82, 2.24) is 9.78 Å². The van der Waals surface area contributed by atoms with Crippen molar-refractivity contribution in [2.45, 2.75) is 0 Å². The van der Waals surface area contributed by atoms with E-state index in [-0.39, 0.29) is 11.3 Å². The SMILES string of the molecule is O=C(COC(=O)c1cc(-c2cccs2)nn1-c1ccccc1)c1ccccc1F. The Morgan fingerprint density at radius 1 is 1.00 bits per heavy atom. The molecule has 4 aromatic rings. The summed E-state index contributed by atoms with van der Waals surface area (Å²) in [5.74, 6) is -1.97. The first kappa shape index (κ1) is 18.8. The number of ketones is 1. The van der Waals surface area contributed by atoms with Crippen molar-refractivity contribution in [3.8, 4) is 16.3 Å². The number of aromatic nitrogens is 2. The number of hydrogen-bond donors (Lipinski definition) is 0. The predicted octanol–water partition coefficient (Wildman–Crippen LogP) is 4.78. The van der Waals surface area contributed by atoms with E-state index in [2.05, 4.69) is 5.10 Å². The fourth-order valence-corrected chi connectivity index (χ4v) is 3.49. The van der Waals surface area contributed by atoms with Crippen LogP contribution in [0.25, 0.3) is 16.3 Å². The van der Waals surface area contributed by atoms with Gasteiger partial charge in [-0.3, -0.25) is 4.79 Å². The van der Waals surface area contributed by atoms with Crippen LogP contribution in [0.1, 0.15) is 20.8 Å². The average Bonchev–Trinajstić information content (AvgIpc) is 3.42. The Hall–Kier alpha value is -3.58. The van der Waals surface area contributed by atoms with Crippen molar-refractivity contribution < 1.29 is 18.7 Å². The monoisotopic (exact) mass is 406 g/mol. The van der Waals surface area contributed by atoms with Crippen molar-refractivity contribution in [1.29, 1.82) is 0 Å². The minimum Gasteiger partial charge on any atom is -0.453 e. The van der Waals surface area contributed by atoms with Crippen LogP contribution in [-0.2, 0) is 4.74 Å². The zero-order valence-electron chi connectivity index (χ0n) is 15.1. The summed E-state index contributed by atoms with van der Waals surface area (Å²) < 4.78 is 20.4. The number of benzene rings is 2. The number of nitrogens with zero attached hydrogens (tertiary/aromatic N) is 2. The van der Waals surface area contributed by atoms with Gasteiger partial charge < -0.3 is 4.74 Å². The van der Waals surface area contributed by atoms with Crippen LogP contribution in [0.5, 0.6) is 0 Å². The summed E-state index contributed by atoms with van der Waals surface area (Å²) in [6, 6.07) is 20.1. The van der Waals surface area contributed by atoms with Crippen LogP contribution in [0.15, 0.2) is 78.2 Å². The van der Waals surface area contributed by atoms with E-state index in [0.717, 1.165) is 4.88 Å². The Labute approximate surface area is 170 Å². The zero-order chi connectivity index (χ0) is 20.2. The number of hydrogen-bond acceptors (Lipinski definition) is 5. The molecule has 0 spiro atoms. The third-order valence-electron chi connectivity index (χ3n) is 4.20. The lowest BCUT2D eigenvalue weighted by Gasteiger charge is -2.08. The number of carbonyl (C=O) groups excluding carboxylic acids is 2. The minimum absolute atomic E-state index is 0.115. The lowest BCUT2D eigenvalue weighted by molar-refractivity contribution is 0.0464. The first-order chi connectivity index (χ1) is 14.1. The molecule has 2 heterocycles. The Kier molecular flexibility index (Phi) is 5.31. The average molecular weight is 406 g/mol. The minimum atomic E-state index is -0.714. The summed E-state index contributed by atoms with van der Waals surface area (Å²) in [5.41, 5.74) is 1.37. The van der Waals surface area contributed by atoms with Crippen LogP contribution in [-0.4, -0.2) is 28.1 Å². The Morgan fingerprint density at radius 3 is 2.48 bits per heavy atom. The van der Waals surface area contributed by atoms with Gasteiger partial charge in [0.25, 0.3) is 0 Å². The molecule has 5 nitrogen and oxygen atoms in total. The maximum atomic E-state index is 13.8. The molecular formula is C22H15FN2O3S. The van der Waals surface area contributed by atoms with Crippen molar-refractivity contribution in [3.63, 3.8) is 0 Å². The zero-order valence-corrected chi connectivity index (χ0v) is 15.9. The Morgan fingerprint density at radius 2 is 1.76 bits per heavy atom. The fraction of sp³-hybridized carbons (Fsp3) is 0.0455. The molecule has 7 heteroatoms. The number of halogens is 1.